The van der Waals surface area contributed by atoms with Gasteiger partial charge in [0, 0.05) is 12.1 Å². The van der Waals surface area contributed by atoms with E-state index in [1.165, 1.54) is 4.90 Å². The maximum Gasteiger partial charge on any atom is 0.236 e. The number of carbonyl (C=O) groups excluding carboxylic acids is 2. The van der Waals surface area contributed by atoms with E-state index in [4.69, 9.17) is 5.73 Å². The fourth-order valence-corrected chi connectivity index (χ4v) is 2.67. The van der Waals surface area contributed by atoms with E-state index in [-0.39, 0.29) is 18.4 Å². The summed E-state index contributed by atoms with van der Waals surface area (Å²) in [7, 11) is 0. The number of nitrogens with two attached hydrogens (primary N) is 1. The summed E-state index contributed by atoms with van der Waals surface area (Å²) in [5.74, 6) is -0.136. The largest absolute Gasteiger partial charge is 0.398 e. The van der Waals surface area contributed by atoms with Crippen LogP contribution in [0.2, 0.25) is 0 Å². The Hall–Kier alpha value is -1.84. The number of anilines is 1. The highest BCUT2D eigenvalue weighted by Crippen LogP contribution is 2.39. The number of likely N-dealkylation sites (tertiary alicyclic amines) is 1. The molecule has 1 aliphatic rings. The first-order chi connectivity index (χ1) is 9.04. The fourth-order valence-electron chi connectivity index (χ4n) is 2.67. The van der Waals surface area contributed by atoms with Crippen LogP contribution in [0.5, 0.6) is 0 Å². The maximum absolute atomic E-state index is 12.5. The minimum atomic E-state index is -0.499. The predicted octanol–water partition coefficient (Wildman–Crippen LogP) is 2.33. The molecule has 1 heterocycles. The van der Waals surface area contributed by atoms with Crippen molar-refractivity contribution >= 4 is 17.5 Å². The number of hydrogen-bond acceptors (Lipinski definition) is 3. The van der Waals surface area contributed by atoms with E-state index in [0.29, 0.717) is 24.9 Å². The second-order valence-corrected chi connectivity index (χ2v) is 5.15. The molecule has 1 aliphatic heterocycles. The molecule has 0 atom stereocenters. The Morgan fingerprint density at radius 2 is 1.84 bits per heavy atom. The van der Waals surface area contributed by atoms with E-state index in [2.05, 4.69) is 0 Å². The molecule has 1 aromatic rings. The van der Waals surface area contributed by atoms with Crippen LogP contribution < -0.4 is 5.73 Å². The van der Waals surface area contributed by atoms with Crippen molar-refractivity contribution in [2.24, 2.45) is 5.41 Å². The number of carbonyl (C=O) groups is 2. The lowest BCUT2D eigenvalue weighted by Crippen LogP contribution is -2.34. The van der Waals surface area contributed by atoms with Crippen LogP contribution in [0.15, 0.2) is 24.3 Å². The highest BCUT2D eigenvalue weighted by Gasteiger charge is 2.48. The Morgan fingerprint density at radius 3 is 2.37 bits per heavy atom. The van der Waals surface area contributed by atoms with Gasteiger partial charge in [0.2, 0.25) is 11.8 Å². The van der Waals surface area contributed by atoms with Gasteiger partial charge in [0.15, 0.2) is 0 Å². The Labute approximate surface area is 113 Å². The molecule has 0 aromatic heterocycles. The highest BCUT2D eigenvalue weighted by atomic mass is 16.2. The number of nitrogens with zero attached hydrogens (tertiary/aromatic N) is 1. The molecule has 0 saturated carbocycles. The van der Waals surface area contributed by atoms with Gasteiger partial charge in [-0.25, -0.2) is 0 Å². The summed E-state index contributed by atoms with van der Waals surface area (Å²) in [5.41, 5.74) is 6.82. The molecule has 0 aliphatic carbocycles. The average molecular weight is 260 g/mol. The lowest BCUT2D eigenvalue weighted by molar-refractivity contribution is -0.142. The minimum Gasteiger partial charge on any atom is -0.398 e. The summed E-state index contributed by atoms with van der Waals surface area (Å²) in [6, 6.07) is 7.35. The normalized spacial score (nSPS) is 18.1. The van der Waals surface area contributed by atoms with Crippen molar-refractivity contribution in [2.45, 2.75) is 39.7 Å². The molecule has 2 rings (SSSR count). The highest BCUT2D eigenvalue weighted by molar-refractivity contribution is 6.05. The third-order valence-corrected chi connectivity index (χ3v) is 4.23. The summed E-state index contributed by atoms with van der Waals surface area (Å²) in [4.78, 5) is 25.9. The Kier molecular flexibility index (Phi) is 3.60. The first kappa shape index (κ1) is 13.6. The van der Waals surface area contributed by atoms with Gasteiger partial charge in [-0.15, -0.1) is 0 Å². The SMILES string of the molecule is CCC1(CC)CC(=O)N(Cc2ccccc2N)C1=O. The smallest absolute Gasteiger partial charge is 0.236 e. The van der Waals surface area contributed by atoms with Gasteiger partial charge in [-0.3, -0.25) is 14.5 Å². The van der Waals surface area contributed by atoms with Crippen molar-refractivity contribution in [1.29, 1.82) is 0 Å². The molecule has 2 amide bonds. The van der Waals surface area contributed by atoms with Crippen LogP contribution in [0.25, 0.3) is 0 Å². The van der Waals surface area contributed by atoms with Crippen LogP contribution in [0.3, 0.4) is 0 Å². The molecular weight excluding hydrogens is 240 g/mol. The van der Waals surface area contributed by atoms with Crippen molar-refractivity contribution in [3.05, 3.63) is 29.8 Å². The molecule has 0 spiro atoms. The molecule has 4 nitrogen and oxygen atoms in total. The van der Waals surface area contributed by atoms with Crippen LogP contribution in [-0.2, 0) is 16.1 Å². The first-order valence-electron chi connectivity index (χ1n) is 6.72. The van der Waals surface area contributed by atoms with Gasteiger partial charge in [-0.2, -0.15) is 0 Å². The third kappa shape index (κ3) is 2.23. The standard InChI is InChI=1S/C15H20N2O2/c1-3-15(4-2)9-13(18)17(14(15)19)10-11-7-5-6-8-12(11)16/h5-8H,3-4,9-10,16H2,1-2H3. The Balaban J connectivity index is 2.25. The van der Waals surface area contributed by atoms with Crippen molar-refractivity contribution < 1.29 is 9.59 Å². The lowest BCUT2D eigenvalue weighted by Gasteiger charge is -2.23. The summed E-state index contributed by atoms with van der Waals surface area (Å²) >= 11 is 0. The zero-order chi connectivity index (χ0) is 14.0. The second-order valence-electron chi connectivity index (χ2n) is 5.15. The van der Waals surface area contributed by atoms with Crippen molar-refractivity contribution in [3.8, 4) is 0 Å². The molecule has 19 heavy (non-hydrogen) atoms. The summed E-state index contributed by atoms with van der Waals surface area (Å²) in [5, 5.41) is 0. The van der Waals surface area contributed by atoms with Crippen LogP contribution in [0.4, 0.5) is 5.69 Å². The molecule has 0 radical (unpaired) electrons. The fraction of sp³-hybridized carbons (Fsp3) is 0.467. The van der Waals surface area contributed by atoms with Crippen LogP contribution in [0, 0.1) is 5.41 Å². The average Bonchev–Trinajstić information content (AvgIpc) is 2.66. The predicted molar refractivity (Wildman–Crippen MR) is 74.0 cm³/mol. The number of para-hydroxylation sites is 1. The van der Waals surface area contributed by atoms with Crippen molar-refractivity contribution in [2.75, 3.05) is 5.73 Å². The molecular formula is C15H20N2O2. The maximum atomic E-state index is 12.5. The number of rotatable bonds is 4. The van der Waals surface area contributed by atoms with Gasteiger partial charge in [0.05, 0.1) is 12.0 Å². The summed E-state index contributed by atoms with van der Waals surface area (Å²) in [6.07, 6.45) is 1.73. The molecule has 1 fully saturated rings. The van der Waals surface area contributed by atoms with E-state index in [9.17, 15) is 9.59 Å². The van der Waals surface area contributed by atoms with E-state index >= 15 is 0 Å². The molecule has 4 heteroatoms. The monoisotopic (exact) mass is 260 g/mol. The van der Waals surface area contributed by atoms with Gasteiger partial charge < -0.3 is 5.73 Å². The number of amides is 2. The summed E-state index contributed by atoms with van der Waals surface area (Å²) < 4.78 is 0. The Morgan fingerprint density at radius 1 is 1.21 bits per heavy atom. The molecule has 102 valence electrons. The van der Waals surface area contributed by atoms with Gasteiger partial charge in [-0.1, -0.05) is 32.0 Å². The van der Waals surface area contributed by atoms with Crippen LogP contribution in [0.1, 0.15) is 38.7 Å². The zero-order valence-electron chi connectivity index (χ0n) is 11.5. The Bertz CT molecular complexity index is 507. The van der Waals surface area contributed by atoms with Crippen molar-refractivity contribution in [1.82, 2.24) is 4.90 Å². The van der Waals surface area contributed by atoms with Crippen LogP contribution >= 0.6 is 0 Å². The van der Waals surface area contributed by atoms with Crippen molar-refractivity contribution in [3.63, 3.8) is 0 Å². The van der Waals surface area contributed by atoms with Crippen LogP contribution in [-0.4, -0.2) is 16.7 Å². The van der Waals surface area contributed by atoms with Gasteiger partial charge >= 0.3 is 0 Å². The topological polar surface area (TPSA) is 63.4 Å². The lowest BCUT2D eigenvalue weighted by atomic mass is 9.81. The molecule has 2 N–H and O–H groups in total. The third-order valence-electron chi connectivity index (χ3n) is 4.23. The number of nitrogen functional groups attached to an aromatic ring is 1. The first-order valence-corrected chi connectivity index (χ1v) is 6.72. The summed E-state index contributed by atoms with van der Waals surface area (Å²) in [6.45, 7) is 4.22. The second kappa shape index (κ2) is 5.03. The number of hydrogen-bond donors (Lipinski definition) is 1. The van der Waals surface area contributed by atoms with E-state index in [1.54, 1.807) is 6.07 Å². The number of benzene rings is 1. The zero-order valence-corrected chi connectivity index (χ0v) is 11.5. The molecule has 1 saturated heterocycles. The molecule has 1 aromatic carbocycles. The van der Waals surface area contributed by atoms with Gasteiger partial charge in [0.25, 0.3) is 0 Å². The van der Waals surface area contributed by atoms with E-state index < -0.39 is 5.41 Å². The van der Waals surface area contributed by atoms with Gasteiger partial charge in [-0.05, 0) is 24.5 Å². The number of imide groups is 1. The molecule has 0 bridgehead atoms. The van der Waals surface area contributed by atoms with E-state index in [0.717, 1.165) is 5.56 Å². The molecule has 0 unspecified atom stereocenters. The van der Waals surface area contributed by atoms with Gasteiger partial charge in [0.1, 0.15) is 0 Å². The minimum absolute atomic E-state index is 0.0502. The quantitative estimate of drug-likeness (QED) is 0.667. The van der Waals surface area contributed by atoms with E-state index in [1.807, 2.05) is 32.0 Å².